The zero-order valence-corrected chi connectivity index (χ0v) is 10.2. The predicted molar refractivity (Wildman–Crippen MR) is 69.0 cm³/mol. The van der Waals surface area contributed by atoms with Gasteiger partial charge in [0.25, 0.3) is 0 Å². The second kappa shape index (κ2) is 4.91. The van der Waals surface area contributed by atoms with Crippen molar-refractivity contribution in [1.29, 1.82) is 0 Å². The van der Waals surface area contributed by atoms with Crippen molar-refractivity contribution in [1.82, 2.24) is 10.2 Å². The Morgan fingerprint density at radius 1 is 1.35 bits per heavy atom. The number of nitrogens with one attached hydrogen (secondary N) is 1. The second-order valence-electron chi connectivity index (χ2n) is 3.91. The number of benzene rings is 1. The van der Waals surface area contributed by atoms with Crippen LogP contribution in [0.5, 0.6) is 5.75 Å². The van der Waals surface area contributed by atoms with Crippen molar-refractivity contribution in [3.63, 3.8) is 0 Å². The highest BCUT2D eigenvalue weighted by molar-refractivity contribution is 5.78. The van der Waals surface area contributed by atoms with Gasteiger partial charge in [-0.2, -0.15) is 5.10 Å². The molecular formula is C13H17N3O. The van der Waals surface area contributed by atoms with Crippen molar-refractivity contribution in [2.45, 2.75) is 19.8 Å². The summed E-state index contributed by atoms with van der Waals surface area (Å²) in [5, 5.41) is 7.28. The number of aromatic nitrogens is 2. The third-order valence-corrected chi connectivity index (χ3v) is 2.74. The highest BCUT2D eigenvalue weighted by Gasteiger charge is 2.14. The number of methoxy groups -OCH3 is 1. The van der Waals surface area contributed by atoms with Gasteiger partial charge in [0, 0.05) is 5.56 Å². The first-order valence-electron chi connectivity index (χ1n) is 5.74. The number of hydrogen-bond acceptors (Lipinski definition) is 3. The summed E-state index contributed by atoms with van der Waals surface area (Å²) < 4.78 is 5.31. The molecule has 17 heavy (non-hydrogen) atoms. The van der Waals surface area contributed by atoms with Gasteiger partial charge in [-0.1, -0.05) is 25.5 Å². The first kappa shape index (κ1) is 11.5. The molecule has 0 unspecified atom stereocenters. The molecule has 0 saturated carbocycles. The van der Waals surface area contributed by atoms with Crippen LogP contribution in [-0.2, 0) is 6.42 Å². The Morgan fingerprint density at radius 3 is 2.82 bits per heavy atom. The normalized spacial score (nSPS) is 10.5. The lowest BCUT2D eigenvalue weighted by atomic mass is 10.1. The molecule has 0 radical (unpaired) electrons. The van der Waals surface area contributed by atoms with Crippen molar-refractivity contribution in [2.75, 3.05) is 12.8 Å². The van der Waals surface area contributed by atoms with Gasteiger partial charge in [-0.05, 0) is 18.6 Å². The van der Waals surface area contributed by atoms with Crippen LogP contribution in [0, 0.1) is 0 Å². The lowest BCUT2D eigenvalue weighted by Crippen LogP contribution is -1.94. The number of hydrogen-bond donors (Lipinski definition) is 2. The summed E-state index contributed by atoms with van der Waals surface area (Å²) in [5.74, 6) is 0.786. The molecule has 0 bridgehead atoms. The van der Waals surface area contributed by atoms with E-state index in [-0.39, 0.29) is 0 Å². The van der Waals surface area contributed by atoms with Crippen LogP contribution in [0.3, 0.4) is 0 Å². The minimum absolute atomic E-state index is 0.719. The van der Waals surface area contributed by atoms with Crippen LogP contribution in [-0.4, -0.2) is 17.3 Å². The Kier molecular flexibility index (Phi) is 3.32. The van der Waals surface area contributed by atoms with E-state index in [4.69, 9.17) is 10.5 Å². The number of ether oxygens (including phenoxy) is 1. The maximum Gasteiger partial charge on any atom is 0.128 e. The molecule has 90 valence electrons. The van der Waals surface area contributed by atoms with Crippen molar-refractivity contribution in [2.24, 2.45) is 0 Å². The monoisotopic (exact) mass is 231 g/mol. The van der Waals surface area contributed by atoms with E-state index in [1.807, 2.05) is 24.3 Å². The third kappa shape index (κ3) is 2.11. The van der Waals surface area contributed by atoms with Gasteiger partial charge in [0.2, 0.25) is 0 Å². The average Bonchev–Trinajstić information content (AvgIpc) is 2.72. The number of nitrogen functional groups attached to an aromatic ring is 1. The van der Waals surface area contributed by atoms with E-state index in [1.165, 1.54) is 0 Å². The first-order valence-corrected chi connectivity index (χ1v) is 5.74. The van der Waals surface area contributed by atoms with E-state index in [2.05, 4.69) is 17.1 Å². The lowest BCUT2D eigenvalue weighted by molar-refractivity contribution is 0.416. The Bertz CT molecular complexity index is 505. The van der Waals surface area contributed by atoms with E-state index in [0.29, 0.717) is 0 Å². The summed E-state index contributed by atoms with van der Waals surface area (Å²) in [6, 6.07) is 7.74. The van der Waals surface area contributed by atoms with E-state index >= 15 is 0 Å². The lowest BCUT2D eigenvalue weighted by Gasteiger charge is -2.06. The summed E-state index contributed by atoms with van der Waals surface area (Å²) >= 11 is 0. The van der Waals surface area contributed by atoms with E-state index < -0.39 is 0 Å². The number of nitrogens with two attached hydrogens (primary N) is 1. The van der Waals surface area contributed by atoms with Crippen LogP contribution in [0.4, 0.5) is 5.69 Å². The molecule has 0 amide bonds. The van der Waals surface area contributed by atoms with Crippen LogP contribution < -0.4 is 10.5 Å². The van der Waals surface area contributed by atoms with Crippen LogP contribution in [0.1, 0.15) is 19.0 Å². The molecule has 1 heterocycles. The molecule has 0 spiro atoms. The van der Waals surface area contributed by atoms with Gasteiger partial charge in [0.05, 0.1) is 18.5 Å². The number of anilines is 1. The smallest absolute Gasteiger partial charge is 0.128 e. The fraction of sp³-hybridized carbons (Fsp3) is 0.308. The third-order valence-electron chi connectivity index (χ3n) is 2.74. The van der Waals surface area contributed by atoms with Crippen LogP contribution >= 0.6 is 0 Å². The summed E-state index contributed by atoms with van der Waals surface area (Å²) in [7, 11) is 1.65. The number of nitrogens with zero attached hydrogens (tertiary/aromatic N) is 1. The molecule has 0 aliphatic carbocycles. The Hall–Kier alpha value is -1.97. The van der Waals surface area contributed by atoms with Crippen LogP contribution in [0.2, 0.25) is 0 Å². The predicted octanol–water partition coefficient (Wildman–Crippen LogP) is 2.62. The van der Waals surface area contributed by atoms with E-state index in [9.17, 15) is 0 Å². The zero-order valence-electron chi connectivity index (χ0n) is 10.2. The van der Waals surface area contributed by atoms with Gasteiger partial charge < -0.3 is 10.5 Å². The molecule has 0 atom stereocenters. The standard InChI is InChI=1S/C13H17N3O/c1-3-6-10-12(14)13(16-15-10)9-7-4-5-8-11(9)17-2/h4-5,7-8H,3,6,14H2,1-2H3,(H,15,16). The van der Waals surface area contributed by atoms with E-state index in [1.54, 1.807) is 7.11 Å². The maximum absolute atomic E-state index is 6.10. The zero-order chi connectivity index (χ0) is 12.3. The molecule has 0 fully saturated rings. The van der Waals surface area contributed by atoms with Gasteiger partial charge >= 0.3 is 0 Å². The molecule has 0 saturated heterocycles. The number of para-hydroxylation sites is 1. The highest BCUT2D eigenvalue weighted by Crippen LogP contribution is 2.33. The number of aromatic amines is 1. The van der Waals surface area contributed by atoms with Crippen molar-refractivity contribution >= 4 is 5.69 Å². The molecule has 1 aromatic carbocycles. The topological polar surface area (TPSA) is 63.9 Å². The molecule has 2 aromatic rings. The van der Waals surface area contributed by atoms with Gasteiger partial charge in [0.1, 0.15) is 11.4 Å². The molecule has 3 N–H and O–H groups in total. The van der Waals surface area contributed by atoms with Crippen molar-refractivity contribution < 1.29 is 4.74 Å². The minimum Gasteiger partial charge on any atom is -0.496 e. The quantitative estimate of drug-likeness (QED) is 0.850. The second-order valence-corrected chi connectivity index (χ2v) is 3.91. The molecule has 4 nitrogen and oxygen atoms in total. The highest BCUT2D eigenvalue weighted by atomic mass is 16.5. The largest absolute Gasteiger partial charge is 0.496 e. The fourth-order valence-electron chi connectivity index (χ4n) is 1.87. The molecule has 1 aromatic heterocycles. The van der Waals surface area contributed by atoms with Gasteiger partial charge in [-0.25, -0.2) is 0 Å². The van der Waals surface area contributed by atoms with Crippen molar-refractivity contribution in [3.8, 4) is 17.0 Å². The van der Waals surface area contributed by atoms with Crippen LogP contribution in [0.15, 0.2) is 24.3 Å². The van der Waals surface area contributed by atoms with Gasteiger partial charge in [-0.3, -0.25) is 5.10 Å². The Labute approximate surface area is 101 Å². The molecular weight excluding hydrogens is 214 g/mol. The summed E-state index contributed by atoms with van der Waals surface area (Å²) in [4.78, 5) is 0. The van der Waals surface area contributed by atoms with Crippen LogP contribution in [0.25, 0.3) is 11.3 Å². The summed E-state index contributed by atoms with van der Waals surface area (Å²) in [5.41, 5.74) is 9.50. The Balaban J connectivity index is 2.46. The summed E-state index contributed by atoms with van der Waals surface area (Å²) in [6.45, 7) is 2.11. The average molecular weight is 231 g/mol. The molecule has 2 rings (SSSR count). The maximum atomic E-state index is 6.10. The number of rotatable bonds is 4. The van der Waals surface area contributed by atoms with Gasteiger partial charge in [-0.15, -0.1) is 0 Å². The fourth-order valence-corrected chi connectivity index (χ4v) is 1.87. The molecule has 0 aliphatic heterocycles. The first-order chi connectivity index (χ1) is 8.27. The number of H-pyrrole nitrogens is 1. The molecule has 0 aliphatic rings. The molecule has 4 heteroatoms. The van der Waals surface area contributed by atoms with Crippen molar-refractivity contribution in [3.05, 3.63) is 30.0 Å². The van der Waals surface area contributed by atoms with E-state index in [0.717, 1.165) is 41.2 Å². The summed E-state index contributed by atoms with van der Waals surface area (Å²) in [6.07, 6.45) is 1.95. The minimum atomic E-state index is 0.719. The van der Waals surface area contributed by atoms with Gasteiger partial charge in [0.15, 0.2) is 0 Å². The SMILES string of the molecule is CCCc1[nH]nc(-c2ccccc2OC)c1N. The number of aryl methyl sites for hydroxylation is 1. The Morgan fingerprint density at radius 2 is 2.12 bits per heavy atom.